The van der Waals surface area contributed by atoms with Crippen LogP contribution >= 0.6 is 0 Å². The molecule has 0 radical (unpaired) electrons. The second kappa shape index (κ2) is 7.16. The fourth-order valence-corrected chi connectivity index (χ4v) is 3.21. The van der Waals surface area contributed by atoms with Gasteiger partial charge in [0.1, 0.15) is 6.61 Å². The maximum atomic E-state index is 14.4. The summed E-state index contributed by atoms with van der Waals surface area (Å²) in [4.78, 5) is 11.3. The van der Waals surface area contributed by atoms with Crippen LogP contribution in [0.3, 0.4) is 0 Å². The van der Waals surface area contributed by atoms with Crippen LogP contribution < -0.4 is 0 Å². The first kappa shape index (κ1) is 32.1. The van der Waals surface area contributed by atoms with E-state index in [1.54, 1.807) is 0 Å². The smallest absolute Gasteiger partial charge is 0.384 e. The molecule has 2 saturated carbocycles. The summed E-state index contributed by atoms with van der Waals surface area (Å²) in [5.41, 5.74) is -15.6. The van der Waals surface area contributed by atoms with Crippen molar-refractivity contribution >= 4 is 5.97 Å². The lowest BCUT2D eigenvalue weighted by atomic mass is 9.71. The minimum Gasteiger partial charge on any atom is -0.459 e. The molecule has 0 unspecified atom stereocenters. The van der Waals surface area contributed by atoms with Crippen molar-refractivity contribution in [1.29, 1.82) is 0 Å². The molecule has 24 heteroatoms. The zero-order valence-electron chi connectivity index (χ0n) is 16.3. The number of esters is 1. The Morgan fingerprint density at radius 2 is 0.579 bits per heavy atom. The molecule has 2 rings (SSSR count). The molecule has 0 spiro atoms. The summed E-state index contributed by atoms with van der Waals surface area (Å²) in [5.74, 6) is -85.5. The number of rotatable bonds is 3. The molecule has 2 aliphatic carbocycles. The lowest BCUT2D eigenvalue weighted by Gasteiger charge is -2.53. The Bertz CT molecular complexity index is 950. The van der Waals surface area contributed by atoms with Crippen LogP contribution in [-0.2, 0) is 9.53 Å². The average molecular weight is 620 g/mol. The van der Waals surface area contributed by atoms with Gasteiger partial charge in [-0.1, -0.05) is 0 Å². The molecule has 0 aromatic heterocycles. The monoisotopic (exact) mass is 620 g/mol. The van der Waals surface area contributed by atoms with E-state index in [2.05, 4.69) is 4.74 Å². The molecule has 0 heterocycles. The Balaban J connectivity index is 2.72. The molecule has 0 aromatic rings. The molecule has 0 amide bonds. The number of carbonyl (C=O) groups excluding carboxylic acids is 1. The molecule has 0 atom stereocenters. The van der Waals surface area contributed by atoms with Crippen LogP contribution in [0.25, 0.3) is 0 Å². The minimum atomic E-state index is -8.19. The number of ether oxygens (including phenoxy) is 1. The Morgan fingerprint density at radius 1 is 0.368 bits per heavy atom. The number of carbonyl (C=O) groups is 1. The molecule has 0 aromatic carbocycles. The largest absolute Gasteiger partial charge is 0.459 e. The van der Waals surface area contributed by atoms with Crippen LogP contribution in [0, 0.1) is 0 Å². The summed E-state index contributed by atoms with van der Waals surface area (Å²) < 4.78 is 299. The predicted molar refractivity (Wildman–Crippen MR) is 68.1 cm³/mol. The minimum absolute atomic E-state index is 2.25. The van der Waals surface area contributed by atoms with Crippen molar-refractivity contribution in [2.75, 3.05) is 6.61 Å². The van der Waals surface area contributed by atoms with Crippen LogP contribution in [0.4, 0.5) is 96.6 Å². The summed E-state index contributed by atoms with van der Waals surface area (Å²) in [6.45, 7) is -4.61. The zero-order valence-corrected chi connectivity index (χ0v) is 16.3. The van der Waals surface area contributed by atoms with Crippen molar-refractivity contribution < 1.29 is 106 Å². The Labute approximate surface area is 190 Å². The summed E-state index contributed by atoms with van der Waals surface area (Å²) in [6.07, 6.45) is 0. The highest BCUT2D eigenvalue weighted by Gasteiger charge is 3.04. The molecule has 2 fully saturated rings. The number of hydrogen-bond acceptors (Lipinski definition) is 2. The molecular formula is C14H2F22O2. The third-order valence-electron chi connectivity index (χ3n) is 5.70. The van der Waals surface area contributed by atoms with Gasteiger partial charge in [-0.2, -0.15) is 87.8 Å². The van der Waals surface area contributed by atoms with Crippen LogP contribution in [0.1, 0.15) is 0 Å². The van der Waals surface area contributed by atoms with E-state index in [-0.39, 0.29) is 0 Å². The van der Waals surface area contributed by atoms with Crippen LogP contribution in [0.15, 0.2) is 0 Å². The fourth-order valence-electron chi connectivity index (χ4n) is 3.21. The topological polar surface area (TPSA) is 26.3 Å². The fraction of sp³-hybridized carbons (Fsp3) is 0.929. The highest BCUT2D eigenvalue weighted by Crippen LogP contribution is 2.71. The predicted octanol–water partition coefficient (Wildman–Crippen LogP) is 6.33. The molecule has 38 heavy (non-hydrogen) atoms. The van der Waals surface area contributed by atoms with Gasteiger partial charge in [-0.05, 0) is 0 Å². The van der Waals surface area contributed by atoms with Gasteiger partial charge in [-0.15, -0.1) is 0 Å². The second-order valence-electron chi connectivity index (χ2n) is 7.78. The van der Waals surface area contributed by atoms with Gasteiger partial charge in [0.15, 0.2) is 0 Å². The molecule has 2 nitrogen and oxygen atoms in total. The van der Waals surface area contributed by atoms with E-state index in [1.165, 1.54) is 0 Å². The van der Waals surface area contributed by atoms with Crippen molar-refractivity contribution in [2.45, 2.75) is 70.6 Å². The first-order valence-corrected chi connectivity index (χ1v) is 8.46. The van der Waals surface area contributed by atoms with Crippen LogP contribution in [-0.4, -0.2) is 83.1 Å². The maximum Gasteiger partial charge on any atom is 0.384 e. The lowest BCUT2D eigenvalue weighted by Crippen LogP contribution is -2.86. The van der Waals surface area contributed by atoms with E-state index >= 15 is 0 Å². The lowest BCUT2D eigenvalue weighted by molar-refractivity contribution is -0.489. The quantitative estimate of drug-likeness (QED) is 0.273. The van der Waals surface area contributed by atoms with Crippen molar-refractivity contribution in [1.82, 2.24) is 0 Å². The molecular weight excluding hydrogens is 618 g/mol. The van der Waals surface area contributed by atoms with Gasteiger partial charge in [-0.3, -0.25) is 0 Å². The molecule has 0 bridgehead atoms. The van der Waals surface area contributed by atoms with E-state index in [4.69, 9.17) is 0 Å². The van der Waals surface area contributed by atoms with E-state index in [0.29, 0.717) is 0 Å². The molecule has 0 saturated heterocycles. The molecule has 0 aliphatic heterocycles. The van der Waals surface area contributed by atoms with Gasteiger partial charge < -0.3 is 4.74 Å². The zero-order chi connectivity index (χ0) is 31.0. The van der Waals surface area contributed by atoms with Crippen molar-refractivity contribution in [3.63, 3.8) is 0 Å². The maximum absolute atomic E-state index is 14.4. The van der Waals surface area contributed by atoms with E-state index < -0.39 is 83.1 Å². The summed E-state index contributed by atoms with van der Waals surface area (Å²) >= 11 is 0. The molecule has 0 N–H and O–H groups in total. The average Bonchev–Trinajstić information content (AvgIpc) is 2.73. The highest BCUT2D eigenvalue weighted by molar-refractivity contribution is 5.84. The van der Waals surface area contributed by atoms with Gasteiger partial charge in [0.25, 0.3) is 5.67 Å². The van der Waals surface area contributed by atoms with E-state index in [1.807, 2.05) is 0 Å². The Morgan fingerprint density at radius 3 is 0.842 bits per heavy atom. The molecule has 2 aliphatic rings. The highest BCUT2D eigenvalue weighted by atomic mass is 19.4. The van der Waals surface area contributed by atoms with Gasteiger partial charge in [0, 0.05) is 0 Å². The standard InChI is InChI=1S/C14H2F22O2/c15-3(5(17,18)9(25,26)13(33,34)10(27,28)6(3,19)20)1-38-2(37)4(16)7(21,22)11(29,30)14(35,36)12(31,32)8(4,23)24/h1H2. The SMILES string of the molecule is O=C(OCC1(F)C(F)(F)C(F)(F)C(F)(F)C(F)(F)C1(F)F)C1(F)C(F)(F)C(F)(F)C(F)(F)C(F)(F)C1(F)F. The summed E-state index contributed by atoms with van der Waals surface area (Å²) in [6, 6.07) is 0. The number of halogens is 22. The summed E-state index contributed by atoms with van der Waals surface area (Å²) in [5, 5.41) is 0. The number of hydrogen-bond donors (Lipinski definition) is 0. The van der Waals surface area contributed by atoms with E-state index in [9.17, 15) is 101 Å². The van der Waals surface area contributed by atoms with Crippen LogP contribution in [0.2, 0.25) is 0 Å². The number of alkyl halides is 22. The van der Waals surface area contributed by atoms with E-state index in [0.717, 1.165) is 0 Å². The van der Waals surface area contributed by atoms with Crippen molar-refractivity contribution in [3.8, 4) is 0 Å². The van der Waals surface area contributed by atoms with Gasteiger partial charge in [0.05, 0.1) is 0 Å². The van der Waals surface area contributed by atoms with Crippen LogP contribution in [0.5, 0.6) is 0 Å². The Hall–Kier alpha value is -2.07. The van der Waals surface area contributed by atoms with Crippen molar-refractivity contribution in [2.24, 2.45) is 0 Å². The second-order valence-corrected chi connectivity index (χ2v) is 7.78. The third-order valence-corrected chi connectivity index (χ3v) is 5.70. The first-order chi connectivity index (χ1) is 16.1. The third kappa shape index (κ3) is 2.65. The normalized spacial score (nSPS) is 33.1. The first-order valence-electron chi connectivity index (χ1n) is 8.46. The molecule has 224 valence electrons. The van der Waals surface area contributed by atoms with Gasteiger partial charge in [-0.25, -0.2) is 13.6 Å². The summed E-state index contributed by atoms with van der Waals surface area (Å²) in [7, 11) is 0. The van der Waals surface area contributed by atoms with Gasteiger partial charge in [0.2, 0.25) is 0 Å². The van der Waals surface area contributed by atoms with Crippen molar-refractivity contribution in [3.05, 3.63) is 0 Å². The Kier molecular flexibility index (Phi) is 6.06. The van der Waals surface area contributed by atoms with Gasteiger partial charge >= 0.3 is 70.9 Å².